The van der Waals surface area contributed by atoms with Gasteiger partial charge in [0, 0.05) is 0 Å². The monoisotopic (exact) mass is 253 g/mol. The molecule has 17 heavy (non-hydrogen) atoms. The van der Waals surface area contributed by atoms with Crippen LogP contribution in [0.3, 0.4) is 0 Å². The minimum atomic E-state index is 0. The molecular weight excluding hydrogens is 234 g/mol. The lowest BCUT2D eigenvalue weighted by molar-refractivity contribution is 0.370. The van der Waals surface area contributed by atoms with Gasteiger partial charge in [0.05, 0.1) is 6.54 Å². The number of hydrogen-bond acceptors (Lipinski definition) is 2. The Morgan fingerprint density at radius 3 is 2.35 bits per heavy atom. The molecule has 1 rings (SSSR count). The number of nitrogens with one attached hydrogen (secondary N) is 1. The van der Waals surface area contributed by atoms with Gasteiger partial charge in [-0.2, -0.15) is 0 Å². The minimum Gasteiger partial charge on any atom is -0.481 e. The molecule has 0 aromatic heterocycles. The third-order valence-corrected chi connectivity index (χ3v) is 2.25. The maximum absolute atomic E-state index is 5.49. The highest BCUT2D eigenvalue weighted by Crippen LogP contribution is 2.18. The van der Waals surface area contributed by atoms with Crippen molar-refractivity contribution in [2.75, 3.05) is 20.2 Å². The van der Waals surface area contributed by atoms with Crippen LogP contribution in [0.4, 0.5) is 0 Å². The van der Waals surface area contributed by atoms with Gasteiger partial charge in [-0.25, -0.2) is 0 Å². The van der Waals surface area contributed by atoms with Crippen LogP contribution in [-0.4, -0.2) is 20.2 Å². The van der Waals surface area contributed by atoms with Crippen LogP contribution in [0.1, 0.15) is 25.3 Å². The molecular formula is C14H20ClNO. The van der Waals surface area contributed by atoms with E-state index in [4.69, 9.17) is 4.74 Å². The molecule has 0 unspecified atom stereocenters. The Kier molecular flexibility index (Phi) is 8.31. The summed E-state index contributed by atoms with van der Waals surface area (Å²) in [5, 5.41) is 2.96. The van der Waals surface area contributed by atoms with Gasteiger partial charge in [-0.1, -0.05) is 37.8 Å². The van der Waals surface area contributed by atoms with Crippen LogP contribution in [0.25, 0.3) is 0 Å². The van der Waals surface area contributed by atoms with Crippen molar-refractivity contribution in [1.29, 1.82) is 0 Å². The molecule has 0 heterocycles. The molecule has 0 radical (unpaired) electrons. The maximum atomic E-state index is 5.49. The standard InChI is InChI=1S/C14H19NO.ClH/c1-12(2)13-6-8-14(9-7-13)16-11-5-4-10-15-3;/h6-9,12,15H,10-11H2,1-3H3;1H. The van der Waals surface area contributed by atoms with Crippen LogP contribution in [0.2, 0.25) is 0 Å². The molecule has 0 spiro atoms. The fraction of sp³-hybridized carbons (Fsp3) is 0.429. The Morgan fingerprint density at radius 2 is 1.82 bits per heavy atom. The van der Waals surface area contributed by atoms with E-state index in [-0.39, 0.29) is 12.4 Å². The lowest BCUT2D eigenvalue weighted by Crippen LogP contribution is -2.05. The summed E-state index contributed by atoms with van der Waals surface area (Å²) in [7, 11) is 1.88. The van der Waals surface area contributed by atoms with Gasteiger partial charge in [0.25, 0.3) is 0 Å². The summed E-state index contributed by atoms with van der Waals surface area (Å²) in [5.41, 5.74) is 1.33. The number of rotatable bonds is 4. The van der Waals surface area contributed by atoms with E-state index in [1.165, 1.54) is 5.56 Å². The summed E-state index contributed by atoms with van der Waals surface area (Å²) in [6.07, 6.45) is 0. The summed E-state index contributed by atoms with van der Waals surface area (Å²) in [5.74, 6) is 7.32. The third kappa shape index (κ3) is 6.21. The Balaban J connectivity index is 0.00000256. The zero-order chi connectivity index (χ0) is 11.8. The van der Waals surface area contributed by atoms with Gasteiger partial charge in [-0.3, -0.25) is 0 Å². The summed E-state index contributed by atoms with van der Waals surface area (Å²) >= 11 is 0. The molecule has 3 heteroatoms. The zero-order valence-electron chi connectivity index (χ0n) is 10.6. The fourth-order valence-electron chi connectivity index (χ4n) is 1.27. The Morgan fingerprint density at radius 1 is 1.18 bits per heavy atom. The molecule has 94 valence electrons. The number of halogens is 1. The molecule has 1 N–H and O–H groups in total. The normalized spacial score (nSPS) is 9.18. The van der Waals surface area contributed by atoms with E-state index >= 15 is 0 Å². The molecule has 0 bridgehead atoms. The fourth-order valence-corrected chi connectivity index (χ4v) is 1.27. The van der Waals surface area contributed by atoms with E-state index in [1.807, 2.05) is 19.2 Å². The van der Waals surface area contributed by atoms with E-state index < -0.39 is 0 Å². The van der Waals surface area contributed by atoms with Gasteiger partial charge in [0.2, 0.25) is 0 Å². The molecule has 1 aromatic rings. The van der Waals surface area contributed by atoms with Crippen molar-refractivity contribution in [1.82, 2.24) is 5.32 Å². The second-order valence-corrected chi connectivity index (χ2v) is 3.90. The highest BCUT2D eigenvalue weighted by atomic mass is 35.5. The van der Waals surface area contributed by atoms with E-state index in [1.54, 1.807) is 0 Å². The maximum Gasteiger partial charge on any atom is 0.149 e. The van der Waals surface area contributed by atoms with Crippen molar-refractivity contribution in [3.05, 3.63) is 29.8 Å². The lowest BCUT2D eigenvalue weighted by atomic mass is 10.0. The Labute approximate surface area is 110 Å². The van der Waals surface area contributed by atoms with E-state index in [2.05, 4.69) is 43.1 Å². The average molecular weight is 254 g/mol. The zero-order valence-corrected chi connectivity index (χ0v) is 11.4. The van der Waals surface area contributed by atoms with Crippen molar-refractivity contribution < 1.29 is 4.74 Å². The third-order valence-electron chi connectivity index (χ3n) is 2.25. The summed E-state index contributed by atoms with van der Waals surface area (Å²) in [6, 6.07) is 8.19. The molecule has 0 saturated heterocycles. The van der Waals surface area contributed by atoms with Crippen molar-refractivity contribution in [3.63, 3.8) is 0 Å². The van der Waals surface area contributed by atoms with Crippen LogP contribution in [0.5, 0.6) is 5.75 Å². The summed E-state index contributed by atoms with van der Waals surface area (Å²) < 4.78 is 5.49. The van der Waals surface area contributed by atoms with Crippen LogP contribution in [-0.2, 0) is 0 Å². The van der Waals surface area contributed by atoms with E-state index in [9.17, 15) is 0 Å². The largest absolute Gasteiger partial charge is 0.481 e. The van der Waals surface area contributed by atoms with Crippen LogP contribution in [0, 0.1) is 11.8 Å². The van der Waals surface area contributed by atoms with Gasteiger partial charge >= 0.3 is 0 Å². The van der Waals surface area contributed by atoms with Gasteiger partial charge < -0.3 is 10.1 Å². The molecule has 0 saturated carbocycles. The van der Waals surface area contributed by atoms with Gasteiger partial charge in [-0.05, 0) is 30.7 Å². The SMILES string of the molecule is CNCC#CCOc1ccc(C(C)C)cc1.Cl. The van der Waals surface area contributed by atoms with E-state index in [0.29, 0.717) is 19.1 Å². The Bertz CT molecular complexity index is 362. The predicted octanol–water partition coefficient (Wildman–Crippen LogP) is 2.83. The first-order valence-corrected chi connectivity index (χ1v) is 5.57. The molecule has 0 aliphatic rings. The molecule has 0 amide bonds. The highest BCUT2D eigenvalue weighted by Gasteiger charge is 1.98. The number of benzene rings is 1. The second kappa shape index (κ2) is 8.92. The van der Waals surface area contributed by atoms with E-state index in [0.717, 1.165) is 5.75 Å². The summed E-state index contributed by atoms with van der Waals surface area (Å²) in [6.45, 7) is 5.51. The van der Waals surface area contributed by atoms with Crippen molar-refractivity contribution in [2.24, 2.45) is 0 Å². The van der Waals surface area contributed by atoms with Gasteiger partial charge in [-0.15, -0.1) is 12.4 Å². The molecule has 2 nitrogen and oxygen atoms in total. The molecule has 1 aromatic carbocycles. The van der Waals surface area contributed by atoms with Crippen molar-refractivity contribution in [3.8, 4) is 17.6 Å². The first-order chi connectivity index (χ1) is 7.74. The first kappa shape index (κ1) is 15.8. The molecule has 0 aliphatic heterocycles. The van der Waals surface area contributed by atoms with Crippen LogP contribution < -0.4 is 10.1 Å². The number of ether oxygens (including phenoxy) is 1. The quantitative estimate of drug-likeness (QED) is 0.834. The van der Waals surface area contributed by atoms with Crippen LogP contribution >= 0.6 is 12.4 Å². The Hall–Kier alpha value is -1.17. The number of hydrogen-bond donors (Lipinski definition) is 1. The minimum absolute atomic E-state index is 0. The summed E-state index contributed by atoms with van der Waals surface area (Å²) in [4.78, 5) is 0. The molecule has 0 aliphatic carbocycles. The van der Waals surface area contributed by atoms with Crippen LogP contribution in [0.15, 0.2) is 24.3 Å². The topological polar surface area (TPSA) is 21.3 Å². The lowest BCUT2D eigenvalue weighted by Gasteiger charge is -2.06. The van der Waals surface area contributed by atoms with Crippen molar-refractivity contribution in [2.45, 2.75) is 19.8 Å². The first-order valence-electron chi connectivity index (χ1n) is 5.57. The predicted molar refractivity (Wildman–Crippen MR) is 75.0 cm³/mol. The molecule has 0 atom stereocenters. The second-order valence-electron chi connectivity index (χ2n) is 3.90. The van der Waals surface area contributed by atoms with Gasteiger partial charge in [0.15, 0.2) is 0 Å². The molecule has 0 fully saturated rings. The highest BCUT2D eigenvalue weighted by molar-refractivity contribution is 5.85. The smallest absolute Gasteiger partial charge is 0.149 e. The van der Waals surface area contributed by atoms with Crippen molar-refractivity contribution >= 4 is 12.4 Å². The average Bonchev–Trinajstić information content (AvgIpc) is 2.29. The van der Waals surface area contributed by atoms with Gasteiger partial charge in [0.1, 0.15) is 12.4 Å².